The van der Waals surface area contributed by atoms with Crippen LogP contribution in [0.25, 0.3) is 0 Å². The quantitative estimate of drug-likeness (QED) is 0.810. The molecule has 0 saturated carbocycles. The number of piperazine rings is 1. The summed E-state index contributed by atoms with van der Waals surface area (Å²) in [6, 6.07) is 10.3. The minimum absolute atomic E-state index is 0.416. The monoisotopic (exact) mass is 230 g/mol. The number of hydrogen-bond donors (Lipinski definition) is 1. The van der Waals surface area contributed by atoms with Gasteiger partial charge in [-0.15, -0.1) is 0 Å². The van der Waals surface area contributed by atoms with E-state index in [1.807, 2.05) is 24.3 Å². The highest BCUT2D eigenvalue weighted by Crippen LogP contribution is 2.18. The standard InChI is InChI=1S/C13H18N4/c1-16-6-7-17(10-13(16)9-15)12-4-2-11(8-14)3-5-12/h2-5,13H,6-7,9-10,15H2,1H3. The van der Waals surface area contributed by atoms with Gasteiger partial charge in [0.25, 0.3) is 0 Å². The van der Waals surface area contributed by atoms with Gasteiger partial charge in [-0.1, -0.05) is 0 Å². The van der Waals surface area contributed by atoms with Crippen LogP contribution >= 0.6 is 0 Å². The third-order valence-electron chi connectivity index (χ3n) is 3.41. The van der Waals surface area contributed by atoms with Crippen molar-refractivity contribution in [3.8, 4) is 6.07 Å². The third-order valence-corrected chi connectivity index (χ3v) is 3.41. The second-order valence-electron chi connectivity index (χ2n) is 4.47. The van der Waals surface area contributed by atoms with Crippen molar-refractivity contribution in [2.45, 2.75) is 6.04 Å². The molecule has 0 radical (unpaired) electrons. The van der Waals surface area contributed by atoms with Crippen LogP contribution in [0.2, 0.25) is 0 Å². The van der Waals surface area contributed by atoms with Crippen molar-refractivity contribution in [2.75, 3.05) is 38.1 Å². The average molecular weight is 230 g/mol. The number of hydrogen-bond acceptors (Lipinski definition) is 4. The van der Waals surface area contributed by atoms with Crippen LogP contribution in [0.1, 0.15) is 5.56 Å². The molecule has 1 atom stereocenters. The highest BCUT2D eigenvalue weighted by atomic mass is 15.3. The van der Waals surface area contributed by atoms with Crippen LogP contribution in [0.4, 0.5) is 5.69 Å². The molecule has 1 aliphatic rings. The van der Waals surface area contributed by atoms with Gasteiger partial charge in [0.05, 0.1) is 11.6 Å². The van der Waals surface area contributed by atoms with Crippen LogP contribution in [-0.4, -0.2) is 44.2 Å². The van der Waals surface area contributed by atoms with E-state index in [4.69, 9.17) is 11.0 Å². The number of benzene rings is 1. The van der Waals surface area contributed by atoms with Gasteiger partial charge in [-0.25, -0.2) is 0 Å². The molecule has 1 aromatic rings. The summed E-state index contributed by atoms with van der Waals surface area (Å²) in [4.78, 5) is 4.64. The molecule has 1 fully saturated rings. The average Bonchev–Trinajstić information content (AvgIpc) is 2.39. The van der Waals surface area contributed by atoms with Gasteiger partial charge in [0, 0.05) is 37.9 Å². The number of nitrogens with zero attached hydrogens (tertiary/aromatic N) is 3. The Morgan fingerprint density at radius 1 is 1.35 bits per heavy atom. The zero-order chi connectivity index (χ0) is 12.3. The normalized spacial score (nSPS) is 21.2. The molecule has 1 aromatic carbocycles. The smallest absolute Gasteiger partial charge is 0.0991 e. The van der Waals surface area contributed by atoms with Crippen LogP contribution in [0, 0.1) is 11.3 Å². The molecule has 1 unspecified atom stereocenters. The van der Waals surface area contributed by atoms with Crippen molar-refractivity contribution >= 4 is 5.69 Å². The van der Waals surface area contributed by atoms with Gasteiger partial charge >= 0.3 is 0 Å². The molecule has 0 spiro atoms. The minimum atomic E-state index is 0.416. The highest BCUT2D eigenvalue weighted by Gasteiger charge is 2.22. The van der Waals surface area contributed by atoms with Crippen molar-refractivity contribution in [2.24, 2.45) is 5.73 Å². The van der Waals surface area contributed by atoms with Gasteiger partial charge in [-0.2, -0.15) is 5.26 Å². The number of likely N-dealkylation sites (N-methyl/N-ethyl adjacent to an activating group) is 1. The number of anilines is 1. The van der Waals surface area contributed by atoms with E-state index >= 15 is 0 Å². The van der Waals surface area contributed by atoms with Gasteiger partial charge in [0.1, 0.15) is 0 Å². The summed E-state index contributed by atoms with van der Waals surface area (Å²) in [5.41, 5.74) is 7.65. The van der Waals surface area contributed by atoms with Crippen molar-refractivity contribution in [3.63, 3.8) is 0 Å². The zero-order valence-electron chi connectivity index (χ0n) is 10.1. The Kier molecular flexibility index (Phi) is 3.62. The number of nitrogens with two attached hydrogens (primary N) is 1. The molecule has 0 aliphatic carbocycles. The van der Waals surface area contributed by atoms with Crippen molar-refractivity contribution in [3.05, 3.63) is 29.8 Å². The summed E-state index contributed by atoms with van der Waals surface area (Å²) in [5.74, 6) is 0. The number of nitriles is 1. The van der Waals surface area contributed by atoms with Crippen LogP contribution in [0.3, 0.4) is 0 Å². The predicted molar refractivity (Wildman–Crippen MR) is 68.8 cm³/mol. The fourth-order valence-electron chi connectivity index (χ4n) is 2.18. The topological polar surface area (TPSA) is 56.3 Å². The minimum Gasteiger partial charge on any atom is -0.369 e. The molecule has 0 bridgehead atoms. The molecule has 0 aromatic heterocycles. The van der Waals surface area contributed by atoms with Gasteiger partial charge < -0.3 is 10.6 Å². The largest absolute Gasteiger partial charge is 0.369 e. The number of rotatable bonds is 2. The van der Waals surface area contributed by atoms with Crippen LogP contribution < -0.4 is 10.6 Å². The summed E-state index contributed by atoms with van der Waals surface area (Å²) >= 11 is 0. The predicted octanol–water partition coefficient (Wildman–Crippen LogP) is 0.637. The molecule has 90 valence electrons. The van der Waals surface area contributed by atoms with Crippen molar-refractivity contribution < 1.29 is 0 Å². The van der Waals surface area contributed by atoms with Crippen LogP contribution in [0.5, 0.6) is 0 Å². The fraction of sp³-hybridized carbons (Fsp3) is 0.462. The zero-order valence-corrected chi connectivity index (χ0v) is 10.1. The SMILES string of the molecule is CN1CCN(c2ccc(C#N)cc2)CC1CN. The van der Waals surface area contributed by atoms with E-state index in [0.29, 0.717) is 18.2 Å². The molecule has 1 saturated heterocycles. The van der Waals surface area contributed by atoms with Gasteiger partial charge in [0.2, 0.25) is 0 Å². The second-order valence-corrected chi connectivity index (χ2v) is 4.47. The fourth-order valence-corrected chi connectivity index (χ4v) is 2.18. The van der Waals surface area contributed by atoms with Gasteiger partial charge in [-0.3, -0.25) is 4.90 Å². The first kappa shape index (κ1) is 11.9. The summed E-state index contributed by atoms with van der Waals surface area (Å²) in [7, 11) is 2.12. The molecule has 2 N–H and O–H groups in total. The van der Waals surface area contributed by atoms with Crippen LogP contribution in [-0.2, 0) is 0 Å². The lowest BCUT2D eigenvalue weighted by Gasteiger charge is -2.40. The molecule has 4 heteroatoms. The van der Waals surface area contributed by atoms with E-state index in [1.165, 1.54) is 5.69 Å². The molecular formula is C13H18N4. The van der Waals surface area contributed by atoms with Gasteiger partial charge in [0.15, 0.2) is 0 Å². The Balaban J connectivity index is 2.09. The van der Waals surface area contributed by atoms with E-state index in [-0.39, 0.29) is 0 Å². The summed E-state index contributed by atoms with van der Waals surface area (Å²) in [5, 5.41) is 8.77. The molecule has 4 nitrogen and oxygen atoms in total. The Labute approximate surface area is 102 Å². The molecule has 1 aliphatic heterocycles. The molecule has 1 heterocycles. The molecule has 0 amide bonds. The first-order valence-corrected chi connectivity index (χ1v) is 5.90. The van der Waals surface area contributed by atoms with E-state index in [9.17, 15) is 0 Å². The highest BCUT2D eigenvalue weighted by molar-refractivity contribution is 5.50. The second kappa shape index (κ2) is 5.17. The lowest BCUT2D eigenvalue weighted by molar-refractivity contribution is 0.224. The Hall–Kier alpha value is -1.57. The Morgan fingerprint density at radius 2 is 2.06 bits per heavy atom. The third kappa shape index (κ3) is 2.57. The lowest BCUT2D eigenvalue weighted by atomic mass is 10.1. The summed E-state index contributed by atoms with van der Waals surface area (Å²) in [6.45, 7) is 3.68. The summed E-state index contributed by atoms with van der Waals surface area (Å²) in [6.07, 6.45) is 0. The van der Waals surface area contributed by atoms with Crippen molar-refractivity contribution in [1.29, 1.82) is 5.26 Å². The first-order chi connectivity index (χ1) is 8.24. The Morgan fingerprint density at radius 3 is 2.65 bits per heavy atom. The van der Waals surface area contributed by atoms with E-state index in [2.05, 4.69) is 22.9 Å². The lowest BCUT2D eigenvalue weighted by Crippen LogP contribution is -2.54. The van der Waals surface area contributed by atoms with Gasteiger partial charge in [-0.05, 0) is 31.3 Å². The molecule has 2 rings (SSSR count). The van der Waals surface area contributed by atoms with E-state index in [0.717, 1.165) is 19.6 Å². The first-order valence-electron chi connectivity index (χ1n) is 5.90. The molecule has 17 heavy (non-hydrogen) atoms. The maximum Gasteiger partial charge on any atom is 0.0991 e. The van der Waals surface area contributed by atoms with Crippen molar-refractivity contribution in [1.82, 2.24) is 4.90 Å². The van der Waals surface area contributed by atoms with E-state index in [1.54, 1.807) is 0 Å². The summed E-state index contributed by atoms with van der Waals surface area (Å²) < 4.78 is 0. The Bertz CT molecular complexity index is 406. The maximum atomic E-state index is 8.77. The van der Waals surface area contributed by atoms with Crippen LogP contribution in [0.15, 0.2) is 24.3 Å². The van der Waals surface area contributed by atoms with E-state index < -0.39 is 0 Å². The maximum absolute atomic E-state index is 8.77. The molecular weight excluding hydrogens is 212 g/mol.